The Morgan fingerprint density at radius 2 is 1.54 bits per heavy atom. The molecule has 15 heteroatoms. The number of benzene rings is 4. The Morgan fingerprint density at radius 3 is 2.16 bits per heavy atom. The molecule has 2 heterocycles. The maximum absolute atomic E-state index is 14.2. The largest absolute Gasteiger partial charge is 0.493 e. The lowest BCUT2D eigenvalue weighted by Gasteiger charge is -2.29. The monoisotopic (exact) mass is 859 g/mol. The molecule has 3 N–H and O–H groups in total. The predicted molar refractivity (Wildman–Crippen MR) is 236 cm³/mol. The average Bonchev–Trinajstić information content (AvgIpc) is 3.60. The van der Waals surface area contributed by atoms with Gasteiger partial charge in [-0.2, -0.15) is 5.26 Å². The zero-order chi connectivity index (χ0) is 43.7. The fourth-order valence-corrected chi connectivity index (χ4v) is 8.75. The summed E-state index contributed by atoms with van der Waals surface area (Å²) in [6.07, 6.45) is 1.52. The van der Waals surface area contributed by atoms with Gasteiger partial charge in [0.1, 0.15) is 27.6 Å². The molecule has 0 aliphatic carbocycles. The zero-order valence-corrected chi connectivity index (χ0v) is 36.1. The van der Waals surface area contributed by atoms with E-state index < -0.39 is 28.8 Å². The van der Waals surface area contributed by atoms with Gasteiger partial charge in [-0.25, -0.2) is 4.79 Å². The van der Waals surface area contributed by atoms with E-state index in [-0.39, 0.29) is 18.1 Å². The number of ether oxygens (including phenoxy) is 4. The summed E-state index contributed by atoms with van der Waals surface area (Å²) >= 11 is 2.54. The number of hydrogen-bond acceptors (Lipinski definition) is 11. The van der Waals surface area contributed by atoms with Gasteiger partial charge in [0.2, 0.25) is 11.7 Å². The van der Waals surface area contributed by atoms with Crippen LogP contribution >= 0.6 is 23.1 Å². The minimum Gasteiger partial charge on any atom is -0.493 e. The third-order valence-electron chi connectivity index (χ3n) is 9.27. The smallest absolute Gasteiger partial charge is 0.410 e. The highest BCUT2D eigenvalue weighted by molar-refractivity contribution is 8.00. The minimum absolute atomic E-state index is 0.0659. The number of thioether (sulfide) groups is 1. The van der Waals surface area contributed by atoms with Crippen molar-refractivity contribution < 1.29 is 38.1 Å². The molecule has 0 saturated carbocycles. The molecule has 0 radical (unpaired) electrons. The number of nitrogens with zero attached hydrogens (tertiary/aromatic N) is 2. The van der Waals surface area contributed by atoms with Crippen LogP contribution in [-0.2, 0) is 27.3 Å². The van der Waals surface area contributed by atoms with Crippen molar-refractivity contribution >= 4 is 63.7 Å². The molecule has 0 fully saturated rings. The van der Waals surface area contributed by atoms with E-state index in [1.54, 1.807) is 65.6 Å². The molecule has 1 aromatic heterocycles. The van der Waals surface area contributed by atoms with Gasteiger partial charge in [0.15, 0.2) is 11.5 Å². The van der Waals surface area contributed by atoms with Crippen LogP contribution in [0.25, 0.3) is 6.08 Å². The topological polar surface area (TPSA) is 168 Å². The van der Waals surface area contributed by atoms with Crippen molar-refractivity contribution in [3.8, 4) is 23.3 Å². The van der Waals surface area contributed by atoms with Crippen molar-refractivity contribution in [3.63, 3.8) is 0 Å². The average molecular weight is 860 g/mol. The van der Waals surface area contributed by atoms with Crippen molar-refractivity contribution in [1.29, 1.82) is 5.26 Å². The number of nitrogens with one attached hydrogen (secondary N) is 3. The number of carbonyl (C=O) groups excluding carboxylic acids is 4. The number of amides is 4. The quantitative estimate of drug-likeness (QED) is 0.0769. The normalized spacial score (nSPS) is 12.9. The first kappa shape index (κ1) is 43.8. The van der Waals surface area contributed by atoms with E-state index in [4.69, 9.17) is 18.9 Å². The number of carbonyl (C=O) groups is 4. The number of anilines is 2. The Bertz CT molecular complexity index is 2470. The van der Waals surface area contributed by atoms with E-state index in [0.717, 1.165) is 16.0 Å². The first-order chi connectivity index (χ1) is 29.3. The van der Waals surface area contributed by atoms with Crippen LogP contribution in [0.1, 0.15) is 63.5 Å². The summed E-state index contributed by atoms with van der Waals surface area (Å²) in [6.45, 7) is 6.08. The lowest BCUT2D eigenvalue weighted by atomic mass is 10.0. The molecular formula is C46H45N5O8S2. The molecule has 1 aliphatic heterocycles. The molecule has 1 unspecified atom stereocenters. The predicted octanol–water partition coefficient (Wildman–Crippen LogP) is 8.82. The Hall–Kier alpha value is -6.76. The van der Waals surface area contributed by atoms with Gasteiger partial charge >= 0.3 is 6.09 Å². The van der Waals surface area contributed by atoms with E-state index in [0.29, 0.717) is 62.5 Å². The lowest BCUT2D eigenvalue weighted by molar-refractivity contribution is -0.116. The highest BCUT2D eigenvalue weighted by atomic mass is 32.2. The van der Waals surface area contributed by atoms with Crippen molar-refractivity contribution in [1.82, 2.24) is 10.2 Å². The Morgan fingerprint density at radius 1 is 0.869 bits per heavy atom. The van der Waals surface area contributed by atoms with Crippen molar-refractivity contribution in [3.05, 3.63) is 135 Å². The molecule has 0 bridgehead atoms. The molecular weight excluding hydrogens is 815 g/mol. The van der Waals surface area contributed by atoms with Crippen molar-refractivity contribution in [2.75, 3.05) is 38.5 Å². The van der Waals surface area contributed by atoms with Crippen LogP contribution in [0.4, 0.5) is 15.5 Å². The number of thiophene rings is 1. The van der Waals surface area contributed by atoms with Crippen LogP contribution in [0.5, 0.6) is 17.2 Å². The molecule has 1 aliphatic rings. The maximum atomic E-state index is 14.2. The standard InChI is InChI=1S/C46H45N5O8S2/c1-46(2,3)59-45(55)51-21-20-33-34(26-47)44(61-38(33)27-51)50-43(54)40(29-14-9-7-10-15-29)60-32-19-13-18-31(25-32)48-42(53)35(49-41(52)30-16-11-8-12-17-30)22-28-23-36(56-4)39(58-6)37(24-28)57-5/h7-19,22-25,40H,20-21,27H2,1-6H3,(H,48,53)(H,49,52)(H,50,54)/b35-22+. The third-order valence-corrected chi connectivity index (χ3v) is 11.7. The summed E-state index contributed by atoms with van der Waals surface area (Å²) in [6, 6.07) is 30.3. The fraction of sp³-hybridized carbons (Fsp3) is 0.239. The second-order valence-corrected chi connectivity index (χ2v) is 17.0. The van der Waals surface area contributed by atoms with Gasteiger partial charge in [0, 0.05) is 27.6 Å². The van der Waals surface area contributed by atoms with Gasteiger partial charge in [-0.1, -0.05) is 54.6 Å². The molecule has 1 atom stereocenters. The number of nitriles is 1. The van der Waals surface area contributed by atoms with Gasteiger partial charge in [0.05, 0.1) is 33.4 Å². The Balaban J connectivity index is 1.25. The van der Waals surface area contributed by atoms with Gasteiger partial charge in [-0.05, 0) is 92.4 Å². The SMILES string of the molecule is COc1cc(/C=C(/NC(=O)c2ccccc2)C(=O)Nc2cccc(SC(C(=O)Nc3sc4c(c3C#N)CCN(C(=O)OC(C)(C)C)C4)c3ccccc3)c2)cc(OC)c1OC. The molecule has 6 rings (SSSR count). The van der Waals surface area contributed by atoms with Crippen LogP contribution in [0.3, 0.4) is 0 Å². The van der Waals surface area contributed by atoms with E-state index in [1.807, 2.05) is 57.2 Å². The third kappa shape index (κ3) is 10.9. The van der Waals surface area contributed by atoms with E-state index in [9.17, 15) is 24.4 Å². The molecule has 61 heavy (non-hydrogen) atoms. The van der Waals surface area contributed by atoms with Gasteiger partial charge in [-0.15, -0.1) is 23.1 Å². The van der Waals surface area contributed by atoms with Crippen LogP contribution in [0.15, 0.2) is 108 Å². The minimum atomic E-state index is -0.767. The molecule has 5 aromatic rings. The first-order valence-electron chi connectivity index (χ1n) is 19.1. The molecule has 314 valence electrons. The second-order valence-electron chi connectivity index (χ2n) is 14.7. The summed E-state index contributed by atoms with van der Waals surface area (Å²) in [5.41, 5.74) is 2.43. The fourth-order valence-electron chi connectivity index (χ4n) is 6.45. The van der Waals surface area contributed by atoms with Crippen molar-refractivity contribution in [2.24, 2.45) is 0 Å². The Kier molecular flexibility index (Phi) is 14.0. The van der Waals surface area contributed by atoms with E-state index in [2.05, 4.69) is 22.0 Å². The van der Waals surface area contributed by atoms with Crippen molar-refractivity contribution in [2.45, 2.75) is 49.5 Å². The molecule has 4 amide bonds. The maximum Gasteiger partial charge on any atom is 0.410 e. The first-order valence-corrected chi connectivity index (χ1v) is 20.8. The van der Waals surface area contributed by atoms with Crippen LogP contribution in [0, 0.1) is 11.3 Å². The van der Waals surface area contributed by atoms with Crippen LogP contribution in [-0.4, -0.2) is 62.2 Å². The summed E-state index contributed by atoms with van der Waals surface area (Å²) in [7, 11) is 4.44. The highest BCUT2D eigenvalue weighted by Crippen LogP contribution is 2.42. The second kappa shape index (κ2) is 19.5. The molecule has 4 aromatic carbocycles. The number of fused-ring (bicyclic) bond motifs is 1. The lowest BCUT2D eigenvalue weighted by Crippen LogP contribution is -2.39. The van der Waals surface area contributed by atoms with E-state index in [1.165, 1.54) is 50.5 Å². The Labute approximate surface area is 362 Å². The highest BCUT2D eigenvalue weighted by Gasteiger charge is 2.31. The summed E-state index contributed by atoms with van der Waals surface area (Å²) in [5, 5.41) is 18.5. The van der Waals surface area contributed by atoms with Gasteiger partial charge in [-0.3, -0.25) is 14.4 Å². The molecule has 0 saturated heterocycles. The molecule has 0 spiro atoms. The van der Waals surface area contributed by atoms with Crippen LogP contribution in [0.2, 0.25) is 0 Å². The zero-order valence-electron chi connectivity index (χ0n) is 34.5. The van der Waals surface area contributed by atoms with Gasteiger partial charge < -0.3 is 39.8 Å². The summed E-state index contributed by atoms with van der Waals surface area (Å²) in [4.78, 5) is 57.6. The van der Waals surface area contributed by atoms with Crippen LogP contribution < -0.4 is 30.2 Å². The number of hydrogen-bond donors (Lipinski definition) is 3. The number of rotatable bonds is 13. The summed E-state index contributed by atoms with van der Waals surface area (Å²) < 4.78 is 22.0. The number of methoxy groups -OCH3 is 3. The van der Waals surface area contributed by atoms with E-state index >= 15 is 0 Å². The van der Waals surface area contributed by atoms with Gasteiger partial charge in [0.25, 0.3) is 11.8 Å². The molecule has 13 nitrogen and oxygen atoms in total. The summed E-state index contributed by atoms with van der Waals surface area (Å²) in [5.74, 6) is -0.392.